The number of para-hydroxylation sites is 1. The van der Waals surface area contributed by atoms with Gasteiger partial charge in [-0.1, -0.05) is 18.2 Å². The molecular formula is C25H37N5O4. The van der Waals surface area contributed by atoms with Crippen LogP contribution in [-0.4, -0.2) is 84.3 Å². The predicted molar refractivity (Wildman–Crippen MR) is 129 cm³/mol. The quantitative estimate of drug-likeness (QED) is 0.685. The third-order valence-corrected chi connectivity index (χ3v) is 6.83. The molecule has 2 N–H and O–H groups in total. The number of carbonyl (C=O) groups excluding carboxylic acids is 3. The van der Waals surface area contributed by atoms with Crippen molar-refractivity contribution in [3.8, 4) is 0 Å². The fraction of sp³-hybridized carbons (Fsp3) is 0.640. The minimum atomic E-state index is -0.755. The fourth-order valence-corrected chi connectivity index (χ4v) is 5.06. The van der Waals surface area contributed by atoms with Crippen molar-refractivity contribution in [1.82, 2.24) is 20.4 Å². The Labute approximate surface area is 201 Å². The summed E-state index contributed by atoms with van der Waals surface area (Å²) in [6.45, 7) is 8.42. The maximum atomic E-state index is 13.7. The van der Waals surface area contributed by atoms with E-state index in [1.165, 1.54) is 0 Å². The molecule has 1 spiro atoms. The molecule has 0 saturated carbocycles. The van der Waals surface area contributed by atoms with Crippen molar-refractivity contribution in [2.45, 2.75) is 63.6 Å². The summed E-state index contributed by atoms with van der Waals surface area (Å²) in [4.78, 5) is 44.6. The number of amides is 4. The summed E-state index contributed by atoms with van der Waals surface area (Å²) < 4.78 is 5.58. The molecule has 0 aromatic heterocycles. The first-order chi connectivity index (χ1) is 16.2. The summed E-state index contributed by atoms with van der Waals surface area (Å²) in [6, 6.07) is 9.74. The van der Waals surface area contributed by atoms with E-state index < -0.39 is 5.54 Å². The Morgan fingerprint density at radius 1 is 1.15 bits per heavy atom. The molecule has 3 fully saturated rings. The van der Waals surface area contributed by atoms with E-state index in [1.807, 2.05) is 51.1 Å². The molecule has 9 heteroatoms. The highest BCUT2D eigenvalue weighted by atomic mass is 16.5. The Kier molecular flexibility index (Phi) is 7.02. The van der Waals surface area contributed by atoms with Gasteiger partial charge in [-0.3, -0.25) is 9.59 Å². The standard InChI is InChI=1S/C25H37N5O4/c1-24(2,3)27-23(33)28-13-11-25(12-14-28)22(32)29(18-30(25)19-8-5-4-6-9-19)17-21(31)26-16-20-10-7-15-34-20/h4-6,8-9,20H,7,10-18H2,1-3H3,(H,26,31)(H,27,33)/t20-/m0/s1. The first kappa shape index (κ1) is 24.3. The molecule has 1 aromatic carbocycles. The van der Waals surface area contributed by atoms with Crippen LogP contribution in [0.2, 0.25) is 0 Å². The van der Waals surface area contributed by atoms with Gasteiger partial charge in [-0.2, -0.15) is 0 Å². The van der Waals surface area contributed by atoms with E-state index in [0.717, 1.165) is 25.1 Å². The van der Waals surface area contributed by atoms with Crippen LogP contribution in [0.25, 0.3) is 0 Å². The molecular weight excluding hydrogens is 434 g/mol. The van der Waals surface area contributed by atoms with Crippen molar-refractivity contribution >= 4 is 23.5 Å². The Hall–Kier alpha value is -2.81. The molecule has 0 bridgehead atoms. The van der Waals surface area contributed by atoms with Crippen LogP contribution in [0.3, 0.4) is 0 Å². The molecule has 0 unspecified atom stereocenters. The number of hydrogen-bond acceptors (Lipinski definition) is 5. The molecule has 3 aliphatic rings. The smallest absolute Gasteiger partial charge is 0.317 e. The van der Waals surface area contributed by atoms with Crippen molar-refractivity contribution in [3.05, 3.63) is 30.3 Å². The molecule has 186 valence electrons. The van der Waals surface area contributed by atoms with Gasteiger partial charge in [0.05, 0.1) is 12.8 Å². The van der Waals surface area contributed by atoms with Crippen molar-refractivity contribution in [1.29, 1.82) is 0 Å². The number of ether oxygens (including phenoxy) is 1. The van der Waals surface area contributed by atoms with Gasteiger partial charge in [0.1, 0.15) is 12.1 Å². The summed E-state index contributed by atoms with van der Waals surface area (Å²) in [5, 5.41) is 5.93. The molecule has 9 nitrogen and oxygen atoms in total. The van der Waals surface area contributed by atoms with E-state index >= 15 is 0 Å². The van der Waals surface area contributed by atoms with E-state index in [1.54, 1.807) is 9.80 Å². The highest BCUT2D eigenvalue weighted by molar-refractivity contribution is 5.96. The van der Waals surface area contributed by atoms with Gasteiger partial charge in [-0.15, -0.1) is 0 Å². The second-order valence-electron chi connectivity index (χ2n) is 10.5. The maximum absolute atomic E-state index is 13.7. The Bertz CT molecular complexity index is 886. The number of urea groups is 1. The number of nitrogens with zero attached hydrogens (tertiary/aromatic N) is 3. The number of rotatable bonds is 5. The van der Waals surface area contributed by atoms with Crippen LogP contribution in [0.1, 0.15) is 46.5 Å². The lowest BCUT2D eigenvalue weighted by atomic mass is 9.85. The van der Waals surface area contributed by atoms with Gasteiger partial charge < -0.3 is 30.1 Å². The Morgan fingerprint density at radius 3 is 2.47 bits per heavy atom. The summed E-state index contributed by atoms with van der Waals surface area (Å²) in [6.07, 6.45) is 3.07. The zero-order valence-electron chi connectivity index (χ0n) is 20.5. The molecule has 4 rings (SSSR count). The van der Waals surface area contributed by atoms with Crippen LogP contribution in [0.15, 0.2) is 30.3 Å². The van der Waals surface area contributed by atoms with Gasteiger partial charge in [0.25, 0.3) is 5.91 Å². The lowest BCUT2D eigenvalue weighted by Crippen LogP contribution is -2.59. The monoisotopic (exact) mass is 471 g/mol. The minimum absolute atomic E-state index is 0.0187. The average Bonchev–Trinajstić information content (AvgIpc) is 3.41. The lowest BCUT2D eigenvalue weighted by molar-refractivity contribution is -0.137. The van der Waals surface area contributed by atoms with E-state index in [0.29, 0.717) is 39.1 Å². The van der Waals surface area contributed by atoms with Gasteiger partial charge in [0.2, 0.25) is 5.91 Å². The molecule has 4 amide bonds. The molecule has 3 aliphatic heterocycles. The number of likely N-dealkylation sites (tertiary alicyclic amines) is 1. The van der Waals surface area contributed by atoms with E-state index in [-0.39, 0.29) is 36.0 Å². The van der Waals surface area contributed by atoms with Crippen molar-refractivity contribution in [3.63, 3.8) is 0 Å². The molecule has 3 heterocycles. The topological polar surface area (TPSA) is 94.2 Å². The molecule has 1 aromatic rings. The van der Waals surface area contributed by atoms with Crippen LogP contribution in [-0.2, 0) is 14.3 Å². The third-order valence-electron chi connectivity index (χ3n) is 6.83. The molecule has 3 saturated heterocycles. The summed E-state index contributed by atoms with van der Waals surface area (Å²) in [5.74, 6) is -0.213. The Morgan fingerprint density at radius 2 is 1.85 bits per heavy atom. The first-order valence-electron chi connectivity index (χ1n) is 12.3. The third kappa shape index (κ3) is 5.29. The van der Waals surface area contributed by atoms with Crippen molar-refractivity contribution in [2.24, 2.45) is 0 Å². The van der Waals surface area contributed by atoms with Crippen LogP contribution in [0.4, 0.5) is 10.5 Å². The Balaban J connectivity index is 1.45. The van der Waals surface area contributed by atoms with Crippen LogP contribution < -0.4 is 15.5 Å². The van der Waals surface area contributed by atoms with Gasteiger partial charge in [-0.05, 0) is 58.6 Å². The number of benzene rings is 1. The highest BCUT2D eigenvalue weighted by Gasteiger charge is 2.54. The number of anilines is 1. The number of hydrogen-bond donors (Lipinski definition) is 2. The zero-order chi connectivity index (χ0) is 24.3. The SMILES string of the molecule is CC(C)(C)NC(=O)N1CCC2(CC1)C(=O)N(CC(=O)NC[C@@H]1CCCO1)CN2c1ccccc1. The number of piperidine rings is 1. The maximum Gasteiger partial charge on any atom is 0.317 e. The highest BCUT2D eigenvalue weighted by Crippen LogP contribution is 2.39. The van der Waals surface area contributed by atoms with Crippen LogP contribution in [0, 0.1) is 0 Å². The predicted octanol–water partition coefficient (Wildman–Crippen LogP) is 1.93. The average molecular weight is 472 g/mol. The molecule has 0 radical (unpaired) electrons. The molecule has 1 atom stereocenters. The van der Waals surface area contributed by atoms with Gasteiger partial charge in [0.15, 0.2) is 0 Å². The number of carbonyl (C=O) groups is 3. The summed E-state index contributed by atoms with van der Waals surface area (Å²) in [5.41, 5.74) is -0.126. The fourth-order valence-electron chi connectivity index (χ4n) is 5.06. The lowest BCUT2D eigenvalue weighted by Gasteiger charge is -2.43. The largest absolute Gasteiger partial charge is 0.376 e. The van der Waals surface area contributed by atoms with E-state index in [2.05, 4.69) is 15.5 Å². The first-order valence-corrected chi connectivity index (χ1v) is 12.3. The molecule has 34 heavy (non-hydrogen) atoms. The number of nitrogens with one attached hydrogen (secondary N) is 2. The normalized spacial score (nSPS) is 22.4. The summed E-state index contributed by atoms with van der Waals surface area (Å²) in [7, 11) is 0. The van der Waals surface area contributed by atoms with Crippen molar-refractivity contribution < 1.29 is 19.1 Å². The zero-order valence-corrected chi connectivity index (χ0v) is 20.5. The van der Waals surface area contributed by atoms with Gasteiger partial charge in [-0.25, -0.2) is 4.79 Å². The second-order valence-corrected chi connectivity index (χ2v) is 10.5. The second kappa shape index (κ2) is 9.82. The van der Waals surface area contributed by atoms with Crippen LogP contribution in [0.5, 0.6) is 0 Å². The van der Waals surface area contributed by atoms with E-state index in [4.69, 9.17) is 4.74 Å². The van der Waals surface area contributed by atoms with Crippen LogP contribution >= 0.6 is 0 Å². The van der Waals surface area contributed by atoms with E-state index in [9.17, 15) is 14.4 Å². The van der Waals surface area contributed by atoms with Gasteiger partial charge >= 0.3 is 6.03 Å². The summed E-state index contributed by atoms with van der Waals surface area (Å²) >= 11 is 0. The van der Waals surface area contributed by atoms with Gasteiger partial charge in [0, 0.05) is 37.5 Å². The van der Waals surface area contributed by atoms with Crippen molar-refractivity contribution in [2.75, 3.05) is 44.4 Å². The molecule has 0 aliphatic carbocycles. The minimum Gasteiger partial charge on any atom is -0.376 e.